The Morgan fingerprint density at radius 1 is 0.479 bits per heavy atom. The number of benzene rings is 9. The molecule has 15 rings (SSSR count). The zero-order valence-electron chi connectivity index (χ0n) is 40.3. The summed E-state index contributed by atoms with van der Waals surface area (Å²) in [4.78, 5) is 9.73. The summed E-state index contributed by atoms with van der Waals surface area (Å²) in [5.74, 6) is 7.18. The van der Waals surface area contributed by atoms with Gasteiger partial charge >= 0.3 is 0 Å². The largest absolute Gasteiger partial charge is 0.458 e. The third-order valence-corrected chi connectivity index (χ3v) is 15.0. The summed E-state index contributed by atoms with van der Waals surface area (Å²) in [6.07, 6.45) is 1.92. The maximum atomic E-state index is 6.86. The Balaban J connectivity index is 0.823. The number of nitrogens with zero attached hydrogens (tertiary/aromatic N) is 4. The summed E-state index contributed by atoms with van der Waals surface area (Å²) >= 11 is 0. The Bertz CT molecular complexity index is 4030. The summed E-state index contributed by atoms with van der Waals surface area (Å²) in [5.41, 5.74) is 15.0. The van der Waals surface area contributed by atoms with E-state index in [9.17, 15) is 0 Å². The number of rotatable bonds is 7. The van der Waals surface area contributed by atoms with Crippen molar-refractivity contribution in [3.8, 4) is 74.1 Å². The van der Waals surface area contributed by atoms with Gasteiger partial charge in [0.05, 0.1) is 28.1 Å². The summed E-state index contributed by atoms with van der Waals surface area (Å²) in [5, 5.41) is 2.31. The molecule has 0 atom stereocenters. The zero-order valence-corrected chi connectivity index (χ0v) is 40.3. The molecule has 8 nitrogen and oxygen atoms in total. The topological polar surface area (TPSA) is 61.2 Å². The van der Waals surface area contributed by atoms with Crippen LogP contribution in [0, 0.1) is 0 Å². The van der Waals surface area contributed by atoms with Gasteiger partial charge in [-0.25, -0.2) is 4.98 Å². The number of hydrogen-bond donors (Lipinski definition) is 0. The molecule has 0 aliphatic carbocycles. The SMILES string of the molecule is CC(C)(C)c1ccnc(-n2c3ccccc3c3ccc(Oc4cccc(N5CN(c6c(-c7ccccc7)cccc6-c6cc7c8c(c6)Oc6cccc9c6B8c6c(cccc6O7)O9)c6ccccc65)c4)cc32)c1. The summed E-state index contributed by atoms with van der Waals surface area (Å²) < 4.78 is 29.2. The molecule has 6 heterocycles. The number of aromatic nitrogens is 2. The Labute approximate surface area is 422 Å². The van der Waals surface area contributed by atoms with E-state index in [-0.39, 0.29) is 12.1 Å². The molecule has 0 spiro atoms. The summed E-state index contributed by atoms with van der Waals surface area (Å²) in [6, 6.07) is 70.2. The van der Waals surface area contributed by atoms with Gasteiger partial charge in [0.2, 0.25) is 0 Å². The van der Waals surface area contributed by atoms with E-state index in [0.717, 1.165) is 130 Å². The Kier molecular flexibility index (Phi) is 8.91. The summed E-state index contributed by atoms with van der Waals surface area (Å²) in [7, 11) is 0. The van der Waals surface area contributed by atoms with Gasteiger partial charge in [0.15, 0.2) is 0 Å². The molecule has 0 N–H and O–H groups in total. The maximum absolute atomic E-state index is 6.86. The molecule has 0 saturated carbocycles. The van der Waals surface area contributed by atoms with E-state index in [1.54, 1.807) is 0 Å². The molecule has 9 aromatic carbocycles. The van der Waals surface area contributed by atoms with Gasteiger partial charge in [-0.15, -0.1) is 0 Å². The third-order valence-electron chi connectivity index (χ3n) is 15.0. The van der Waals surface area contributed by atoms with E-state index in [1.165, 1.54) is 10.9 Å². The van der Waals surface area contributed by atoms with Crippen LogP contribution in [0.15, 0.2) is 206 Å². The number of ether oxygens (including phenoxy) is 4. The van der Waals surface area contributed by atoms with E-state index in [2.05, 4.69) is 193 Å². The first-order chi connectivity index (χ1) is 35.8. The van der Waals surface area contributed by atoms with Crippen LogP contribution in [0.3, 0.4) is 0 Å². The minimum atomic E-state index is -0.0652. The molecule has 4 aliphatic rings. The molecule has 4 aliphatic heterocycles. The second kappa shape index (κ2) is 15.6. The molecule has 73 heavy (non-hydrogen) atoms. The lowest BCUT2D eigenvalue weighted by Gasteiger charge is -2.37. The number of pyridine rings is 1. The number of anilines is 4. The highest BCUT2D eigenvalue weighted by Crippen LogP contribution is 2.52. The van der Waals surface area contributed by atoms with Crippen molar-refractivity contribution in [1.82, 2.24) is 9.55 Å². The molecular formula is C64H45BN4O4. The van der Waals surface area contributed by atoms with Crippen molar-refractivity contribution in [1.29, 1.82) is 0 Å². The normalized spacial score (nSPS) is 13.6. The molecule has 0 fully saturated rings. The predicted octanol–water partition coefficient (Wildman–Crippen LogP) is 14.7. The van der Waals surface area contributed by atoms with E-state index in [0.29, 0.717) is 6.67 Å². The first kappa shape index (κ1) is 41.6. The number of para-hydroxylation sites is 4. The molecule has 348 valence electrons. The van der Waals surface area contributed by atoms with Gasteiger partial charge in [-0.05, 0) is 113 Å². The Morgan fingerprint density at radius 3 is 1.79 bits per heavy atom. The van der Waals surface area contributed by atoms with Gasteiger partial charge in [0, 0.05) is 62.3 Å². The van der Waals surface area contributed by atoms with Gasteiger partial charge in [-0.2, -0.15) is 0 Å². The second-order valence-corrected chi connectivity index (χ2v) is 20.3. The van der Waals surface area contributed by atoms with Crippen LogP contribution in [0.25, 0.3) is 49.9 Å². The van der Waals surface area contributed by atoms with Crippen molar-refractivity contribution in [3.63, 3.8) is 0 Å². The predicted molar refractivity (Wildman–Crippen MR) is 294 cm³/mol. The van der Waals surface area contributed by atoms with Crippen molar-refractivity contribution in [2.24, 2.45) is 0 Å². The average Bonchev–Trinajstić information content (AvgIpc) is 3.97. The lowest BCUT2D eigenvalue weighted by Crippen LogP contribution is -2.59. The van der Waals surface area contributed by atoms with Crippen molar-refractivity contribution >= 4 is 67.7 Å². The van der Waals surface area contributed by atoms with Crippen LogP contribution in [0.1, 0.15) is 26.3 Å². The molecular weight excluding hydrogens is 900 g/mol. The fraction of sp³-hybridized carbons (Fsp3) is 0.0781. The fourth-order valence-corrected chi connectivity index (χ4v) is 11.6. The standard InChI is InChI=1S/C64H45BN4O4/c1-64(2,3)41-31-32-66-59(35-41)69-49-22-8-7-19-47(49)48-30-29-44(37-52(48)69)70-43-18-11-17-42(36-43)67-38-68(51-24-10-9-23-50(51)67)63-45(39-15-5-4-6-16-39)20-12-21-46(63)40-33-57-62-58(34-40)73-56-28-14-26-54-61(56)65(62)60-53(71-54)25-13-27-55(60)72-57/h4-37H,38H2,1-3H3. The van der Waals surface area contributed by atoms with Crippen LogP contribution in [-0.4, -0.2) is 22.9 Å². The average molecular weight is 945 g/mol. The molecule has 0 radical (unpaired) electrons. The third kappa shape index (κ3) is 6.44. The Hall–Kier alpha value is -9.21. The second-order valence-electron chi connectivity index (χ2n) is 20.3. The summed E-state index contributed by atoms with van der Waals surface area (Å²) in [6.45, 7) is 7.19. The van der Waals surface area contributed by atoms with Gasteiger partial charge in [0.25, 0.3) is 6.71 Å². The first-order valence-electron chi connectivity index (χ1n) is 24.9. The van der Waals surface area contributed by atoms with Gasteiger partial charge in [-0.1, -0.05) is 118 Å². The molecule has 0 bridgehead atoms. The molecule has 0 amide bonds. The van der Waals surface area contributed by atoms with Crippen molar-refractivity contribution in [3.05, 3.63) is 212 Å². The fourth-order valence-electron chi connectivity index (χ4n) is 11.6. The van der Waals surface area contributed by atoms with Crippen LogP contribution in [0.5, 0.6) is 46.0 Å². The zero-order chi connectivity index (χ0) is 48.5. The first-order valence-corrected chi connectivity index (χ1v) is 24.9. The smallest absolute Gasteiger partial charge is 0.270 e. The number of hydrogen-bond acceptors (Lipinski definition) is 7. The number of fused-ring (bicyclic) bond motifs is 4. The van der Waals surface area contributed by atoms with Gasteiger partial charge in [0.1, 0.15) is 58.5 Å². The van der Waals surface area contributed by atoms with Crippen LogP contribution in [0.2, 0.25) is 0 Å². The highest BCUT2D eigenvalue weighted by atomic mass is 16.5. The lowest BCUT2D eigenvalue weighted by molar-refractivity contribution is 0.443. The van der Waals surface area contributed by atoms with Crippen LogP contribution < -0.4 is 45.1 Å². The molecule has 2 aromatic heterocycles. The van der Waals surface area contributed by atoms with E-state index in [1.807, 2.05) is 48.7 Å². The van der Waals surface area contributed by atoms with Crippen LogP contribution >= 0.6 is 0 Å². The van der Waals surface area contributed by atoms with Gasteiger partial charge in [-0.3, -0.25) is 4.57 Å². The van der Waals surface area contributed by atoms with Crippen molar-refractivity contribution in [2.45, 2.75) is 26.2 Å². The molecule has 0 saturated heterocycles. The molecule has 11 aromatic rings. The minimum absolute atomic E-state index is 0.0260. The quantitative estimate of drug-likeness (QED) is 0.148. The minimum Gasteiger partial charge on any atom is -0.458 e. The van der Waals surface area contributed by atoms with Gasteiger partial charge < -0.3 is 28.7 Å². The van der Waals surface area contributed by atoms with Crippen molar-refractivity contribution < 1.29 is 18.9 Å². The molecule has 9 heteroatoms. The monoisotopic (exact) mass is 944 g/mol. The highest BCUT2D eigenvalue weighted by molar-refractivity contribution is 6.99. The van der Waals surface area contributed by atoms with E-state index in [4.69, 9.17) is 23.9 Å². The molecule has 0 unspecified atom stereocenters. The Morgan fingerprint density at radius 2 is 1.07 bits per heavy atom. The van der Waals surface area contributed by atoms with E-state index < -0.39 is 0 Å². The van der Waals surface area contributed by atoms with E-state index >= 15 is 0 Å². The maximum Gasteiger partial charge on any atom is 0.270 e. The highest BCUT2D eigenvalue weighted by Gasteiger charge is 2.46. The van der Waals surface area contributed by atoms with Crippen LogP contribution in [-0.2, 0) is 5.41 Å². The lowest BCUT2D eigenvalue weighted by atomic mass is 9.34. The van der Waals surface area contributed by atoms with Crippen molar-refractivity contribution in [2.75, 3.05) is 16.5 Å². The van der Waals surface area contributed by atoms with Crippen LogP contribution in [0.4, 0.5) is 22.7 Å².